The third-order valence-corrected chi connectivity index (χ3v) is 6.60. The van der Waals surface area contributed by atoms with Crippen molar-refractivity contribution in [2.24, 2.45) is 0 Å². The fourth-order valence-electron chi connectivity index (χ4n) is 4.86. The van der Waals surface area contributed by atoms with Crippen molar-refractivity contribution in [2.45, 2.75) is 64.3 Å². The van der Waals surface area contributed by atoms with Crippen molar-refractivity contribution in [2.75, 3.05) is 32.8 Å². The summed E-state index contributed by atoms with van der Waals surface area (Å²) in [5, 5.41) is 12.4. The molecule has 0 spiro atoms. The third-order valence-electron chi connectivity index (χ3n) is 6.60. The van der Waals surface area contributed by atoms with E-state index in [0.717, 1.165) is 50.4 Å². The minimum absolute atomic E-state index is 0.0201. The Morgan fingerprint density at radius 3 is 2.59 bits per heavy atom. The lowest BCUT2D eigenvalue weighted by Gasteiger charge is -2.48. The average Bonchev–Trinajstić information content (AvgIpc) is 2.73. The zero-order valence-corrected chi connectivity index (χ0v) is 17.6. The predicted octanol–water partition coefficient (Wildman–Crippen LogP) is 1.95. The minimum Gasteiger partial charge on any atom is -0.379 e. The zero-order chi connectivity index (χ0) is 20.9. The summed E-state index contributed by atoms with van der Waals surface area (Å²) in [4.78, 5) is 29.8. The van der Waals surface area contributed by atoms with Gasteiger partial charge >= 0.3 is 0 Å². The van der Waals surface area contributed by atoms with Crippen LogP contribution in [0.5, 0.6) is 0 Å². The van der Waals surface area contributed by atoms with Crippen molar-refractivity contribution in [1.82, 2.24) is 15.2 Å². The topological polar surface area (TPSA) is 98.2 Å². The van der Waals surface area contributed by atoms with E-state index in [1.165, 1.54) is 19.3 Å². The van der Waals surface area contributed by atoms with E-state index >= 15 is 0 Å². The Bertz CT molecular complexity index is 828. The third kappa shape index (κ3) is 4.88. The summed E-state index contributed by atoms with van der Waals surface area (Å²) in [5.41, 5.74) is 2.13. The molecule has 0 aromatic carbocycles. The van der Waals surface area contributed by atoms with Gasteiger partial charge in [0.2, 0.25) is 5.91 Å². The maximum atomic E-state index is 12.6. The van der Waals surface area contributed by atoms with Gasteiger partial charge in [0.25, 0.3) is 5.56 Å². The van der Waals surface area contributed by atoms with Crippen molar-refractivity contribution in [3.05, 3.63) is 32.7 Å². The number of pyridine rings is 1. The Morgan fingerprint density at radius 2 is 1.93 bits per heavy atom. The number of nitrogens with one attached hydrogen (secondary N) is 2. The number of carbonyl (C=O) groups is 1. The number of aromatic amines is 1. The fraction of sp³-hybridized carbons (Fsp3) is 0.682. The molecule has 1 saturated carbocycles. The highest BCUT2D eigenvalue weighted by atomic mass is 16.5. The van der Waals surface area contributed by atoms with E-state index in [1.807, 2.05) is 13.0 Å². The molecule has 0 unspecified atom stereocenters. The average molecular weight is 401 g/mol. The molecule has 1 aromatic heterocycles. The number of ether oxygens (including phenoxy) is 1. The SMILES string of the molecule is Cc1[nH]c(=O)c(C#N)c(C)c1CCC(=O)NCC1(N2CCOCC2)CCCCC1. The molecule has 1 aliphatic heterocycles. The summed E-state index contributed by atoms with van der Waals surface area (Å²) in [7, 11) is 0. The van der Waals surface area contributed by atoms with E-state index in [9.17, 15) is 14.9 Å². The van der Waals surface area contributed by atoms with Crippen molar-refractivity contribution >= 4 is 5.91 Å². The number of nitrogens with zero attached hydrogens (tertiary/aromatic N) is 2. The van der Waals surface area contributed by atoms with Crippen molar-refractivity contribution < 1.29 is 9.53 Å². The number of carbonyl (C=O) groups excluding carboxylic acids is 1. The van der Waals surface area contributed by atoms with E-state index in [1.54, 1.807) is 6.92 Å². The van der Waals surface area contributed by atoms with Gasteiger partial charge in [0, 0.05) is 37.3 Å². The van der Waals surface area contributed by atoms with E-state index in [0.29, 0.717) is 24.9 Å². The predicted molar refractivity (Wildman–Crippen MR) is 111 cm³/mol. The van der Waals surface area contributed by atoms with Gasteiger partial charge in [-0.3, -0.25) is 14.5 Å². The van der Waals surface area contributed by atoms with Crippen molar-refractivity contribution in [3.8, 4) is 6.07 Å². The molecular formula is C22H32N4O3. The lowest BCUT2D eigenvalue weighted by molar-refractivity contribution is -0.122. The summed E-state index contributed by atoms with van der Waals surface area (Å²) in [6.45, 7) is 7.68. The lowest BCUT2D eigenvalue weighted by Crippen LogP contribution is -2.59. The molecule has 7 nitrogen and oxygen atoms in total. The van der Waals surface area contributed by atoms with Crippen LogP contribution in [0.2, 0.25) is 0 Å². The number of rotatable bonds is 6. The maximum absolute atomic E-state index is 12.6. The molecule has 0 bridgehead atoms. The van der Waals surface area contributed by atoms with Gasteiger partial charge in [0.1, 0.15) is 11.6 Å². The molecule has 1 amide bonds. The van der Waals surface area contributed by atoms with Crippen LogP contribution < -0.4 is 10.9 Å². The van der Waals surface area contributed by atoms with Crippen LogP contribution in [0, 0.1) is 25.2 Å². The Balaban J connectivity index is 1.62. The van der Waals surface area contributed by atoms with Gasteiger partial charge in [-0.2, -0.15) is 5.26 Å². The lowest BCUT2D eigenvalue weighted by atomic mass is 9.79. The van der Waals surface area contributed by atoms with Gasteiger partial charge in [-0.05, 0) is 44.2 Å². The molecule has 7 heteroatoms. The van der Waals surface area contributed by atoms with Crippen molar-refractivity contribution in [1.29, 1.82) is 5.26 Å². The first-order valence-electron chi connectivity index (χ1n) is 10.7. The highest BCUT2D eigenvalue weighted by Gasteiger charge is 2.38. The molecule has 3 rings (SSSR count). The van der Waals surface area contributed by atoms with Gasteiger partial charge in [0.15, 0.2) is 0 Å². The Hall–Kier alpha value is -2.17. The summed E-state index contributed by atoms with van der Waals surface area (Å²) >= 11 is 0. The van der Waals surface area contributed by atoms with Gasteiger partial charge in [0.05, 0.1) is 13.2 Å². The number of H-pyrrole nitrogens is 1. The second-order valence-electron chi connectivity index (χ2n) is 8.33. The number of hydrogen-bond donors (Lipinski definition) is 2. The summed E-state index contributed by atoms with van der Waals surface area (Å²) in [6.07, 6.45) is 6.79. The molecule has 2 aliphatic rings. The smallest absolute Gasteiger partial charge is 0.266 e. The van der Waals surface area contributed by atoms with Crippen molar-refractivity contribution in [3.63, 3.8) is 0 Å². The van der Waals surface area contributed by atoms with Gasteiger partial charge < -0.3 is 15.0 Å². The first-order valence-corrected chi connectivity index (χ1v) is 10.7. The largest absolute Gasteiger partial charge is 0.379 e. The molecule has 2 fully saturated rings. The van der Waals surface area contributed by atoms with E-state index in [4.69, 9.17) is 4.74 Å². The minimum atomic E-state index is -0.361. The molecule has 2 heterocycles. The highest BCUT2D eigenvalue weighted by Crippen LogP contribution is 2.33. The molecule has 2 N–H and O–H groups in total. The van der Waals surface area contributed by atoms with Crippen LogP contribution in [0.3, 0.4) is 0 Å². The highest BCUT2D eigenvalue weighted by molar-refractivity contribution is 5.76. The summed E-state index contributed by atoms with van der Waals surface area (Å²) in [6, 6.07) is 1.97. The molecule has 1 aliphatic carbocycles. The van der Waals surface area contributed by atoms with Gasteiger partial charge in [-0.15, -0.1) is 0 Å². The standard InChI is InChI=1S/C22H32N4O3/c1-16-18(17(2)25-21(28)19(16)14-23)6-7-20(27)24-15-22(8-4-3-5-9-22)26-10-12-29-13-11-26/h3-13,15H2,1-2H3,(H,24,27)(H,25,28). The number of morpholine rings is 1. The molecule has 158 valence electrons. The molecule has 1 aromatic rings. The molecule has 29 heavy (non-hydrogen) atoms. The Morgan fingerprint density at radius 1 is 1.24 bits per heavy atom. The molecular weight excluding hydrogens is 368 g/mol. The first-order chi connectivity index (χ1) is 14.0. The first kappa shape index (κ1) is 21.5. The van der Waals surface area contributed by atoms with Crippen LogP contribution in [0.4, 0.5) is 0 Å². The normalized spacial score (nSPS) is 19.5. The number of amides is 1. The molecule has 0 radical (unpaired) electrons. The Labute approximate surface area is 172 Å². The molecule has 1 saturated heterocycles. The monoisotopic (exact) mass is 400 g/mol. The fourth-order valence-corrected chi connectivity index (χ4v) is 4.86. The van der Waals surface area contributed by atoms with Crippen LogP contribution in [0.1, 0.15) is 60.9 Å². The summed E-state index contributed by atoms with van der Waals surface area (Å²) < 4.78 is 5.52. The summed E-state index contributed by atoms with van der Waals surface area (Å²) in [5.74, 6) is 0.0201. The van der Waals surface area contributed by atoms with Crippen LogP contribution in [-0.4, -0.2) is 54.2 Å². The van der Waals surface area contributed by atoms with E-state index in [2.05, 4.69) is 15.2 Å². The van der Waals surface area contributed by atoms with E-state index in [-0.39, 0.29) is 22.6 Å². The number of nitriles is 1. The van der Waals surface area contributed by atoms with Crippen LogP contribution >= 0.6 is 0 Å². The number of aromatic nitrogens is 1. The maximum Gasteiger partial charge on any atom is 0.266 e. The molecule has 0 atom stereocenters. The van der Waals surface area contributed by atoms with Crippen LogP contribution in [0.15, 0.2) is 4.79 Å². The number of hydrogen-bond acceptors (Lipinski definition) is 5. The Kier molecular flexibility index (Phi) is 7.09. The number of aryl methyl sites for hydroxylation is 1. The van der Waals surface area contributed by atoms with Crippen LogP contribution in [-0.2, 0) is 16.0 Å². The van der Waals surface area contributed by atoms with Gasteiger partial charge in [-0.1, -0.05) is 19.3 Å². The second kappa shape index (κ2) is 9.55. The van der Waals surface area contributed by atoms with E-state index < -0.39 is 0 Å². The second-order valence-corrected chi connectivity index (χ2v) is 8.33. The van der Waals surface area contributed by atoms with Crippen LogP contribution in [0.25, 0.3) is 0 Å². The quantitative estimate of drug-likeness (QED) is 0.760. The zero-order valence-electron chi connectivity index (χ0n) is 17.6. The van der Waals surface area contributed by atoms with Gasteiger partial charge in [-0.25, -0.2) is 0 Å².